The summed E-state index contributed by atoms with van der Waals surface area (Å²) in [5.41, 5.74) is 2.85. The van der Waals surface area contributed by atoms with Gasteiger partial charge in [-0.1, -0.05) is 30.7 Å². The highest BCUT2D eigenvalue weighted by Crippen LogP contribution is 2.26. The van der Waals surface area contributed by atoms with E-state index in [4.69, 9.17) is 16.3 Å². The van der Waals surface area contributed by atoms with Crippen LogP contribution < -0.4 is 10.1 Å². The van der Waals surface area contributed by atoms with Gasteiger partial charge in [-0.3, -0.25) is 4.79 Å². The minimum atomic E-state index is -0.225. The molecule has 0 bridgehead atoms. The number of hydrogen-bond donors (Lipinski definition) is 1. The third-order valence-corrected chi connectivity index (χ3v) is 4.09. The van der Waals surface area contributed by atoms with E-state index < -0.39 is 0 Å². The lowest BCUT2D eigenvalue weighted by atomic mass is 10.2. The van der Waals surface area contributed by atoms with E-state index >= 15 is 0 Å². The summed E-state index contributed by atoms with van der Waals surface area (Å²) < 4.78 is 6.39. The topological polar surface area (TPSA) is 38.3 Å². The molecule has 0 atom stereocenters. The van der Waals surface area contributed by atoms with Crippen LogP contribution in [0.4, 0.5) is 5.69 Å². The third-order valence-electron chi connectivity index (χ3n) is 3.24. The molecule has 2 rings (SSSR count). The average Bonchev–Trinajstić information content (AvgIpc) is 2.49. The van der Waals surface area contributed by atoms with Gasteiger partial charge in [-0.2, -0.15) is 0 Å². The molecule has 0 unspecified atom stereocenters. The van der Waals surface area contributed by atoms with Crippen LogP contribution in [0.15, 0.2) is 40.9 Å². The first kappa shape index (κ1) is 16.8. The third kappa shape index (κ3) is 4.49. The van der Waals surface area contributed by atoms with Crippen molar-refractivity contribution in [3.8, 4) is 5.75 Å². The molecule has 0 aliphatic rings. The lowest BCUT2D eigenvalue weighted by molar-refractivity contribution is -0.118. The van der Waals surface area contributed by atoms with Crippen molar-refractivity contribution in [2.45, 2.75) is 20.3 Å². The first-order valence-corrected chi connectivity index (χ1v) is 8.14. The number of hydrogen-bond acceptors (Lipinski definition) is 2. The standard InChI is InChI=1S/C17H17BrClNO2/c1-3-12-5-7-16(14(18)8-12)22-10-17(21)20-15-9-13(19)6-4-11(15)2/h4-9H,3,10H2,1-2H3,(H,20,21). The monoisotopic (exact) mass is 381 g/mol. The van der Waals surface area contributed by atoms with E-state index in [1.54, 1.807) is 12.1 Å². The maximum Gasteiger partial charge on any atom is 0.262 e. The first-order valence-electron chi connectivity index (χ1n) is 6.97. The normalized spacial score (nSPS) is 10.4. The van der Waals surface area contributed by atoms with Crippen LogP contribution in [0.1, 0.15) is 18.1 Å². The largest absolute Gasteiger partial charge is 0.483 e. The predicted molar refractivity (Wildman–Crippen MR) is 93.8 cm³/mol. The molecule has 5 heteroatoms. The highest BCUT2D eigenvalue weighted by atomic mass is 79.9. The van der Waals surface area contributed by atoms with Crippen molar-refractivity contribution in [1.82, 2.24) is 0 Å². The van der Waals surface area contributed by atoms with E-state index in [9.17, 15) is 4.79 Å². The molecule has 116 valence electrons. The van der Waals surface area contributed by atoms with E-state index in [-0.39, 0.29) is 12.5 Å². The second-order valence-electron chi connectivity index (χ2n) is 4.91. The summed E-state index contributed by atoms with van der Waals surface area (Å²) in [7, 11) is 0. The maximum absolute atomic E-state index is 12.0. The number of rotatable bonds is 5. The van der Waals surface area contributed by atoms with E-state index in [2.05, 4.69) is 28.2 Å². The second-order valence-corrected chi connectivity index (χ2v) is 6.21. The highest BCUT2D eigenvalue weighted by Gasteiger charge is 2.08. The summed E-state index contributed by atoms with van der Waals surface area (Å²) in [6, 6.07) is 11.2. The summed E-state index contributed by atoms with van der Waals surface area (Å²) in [4.78, 5) is 12.0. The van der Waals surface area contributed by atoms with Gasteiger partial charge in [-0.25, -0.2) is 0 Å². The molecule has 3 nitrogen and oxygen atoms in total. The Morgan fingerprint density at radius 3 is 2.73 bits per heavy atom. The van der Waals surface area contributed by atoms with E-state index in [1.165, 1.54) is 5.56 Å². The van der Waals surface area contributed by atoms with Gasteiger partial charge in [-0.05, 0) is 64.7 Å². The molecule has 0 heterocycles. The zero-order chi connectivity index (χ0) is 16.1. The summed E-state index contributed by atoms with van der Waals surface area (Å²) in [5.74, 6) is 0.423. The van der Waals surface area contributed by atoms with Gasteiger partial charge in [0, 0.05) is 10.7 Å². The van der Waals surface area contributed by atoms with Gasteiger partial charge in [0.2, 0.25) is 0 Å². The summed E-state index contributed by atoms with van der Waals surface area (Å²) in [5, 5.41) is 3.38. The maximum atomic E-state index is 12.0. The number of ether oxygens (including phenoxy) is 1. The number of nitrogens with one attached hydrogen (secondary N) is 1. The number of benzene rings is 2. The van der Waals surface area contributed by atoms with Gasteiger partial charge in [0.05, 0.1) is 4.47 Å². The first-order chi connectivity index (χ1) is 10.5. The lowest BCUT2D eigenvalue weighted by Crippen LogP contribution is -2.20. The van der Waals surface area contributed by atoms with E-state index in [0.717, 1.165) is 16.5 Å². The SMILES string of the molecule is CCc1ccc(OCC(=O)Nc2cc(Cl)ccc2C)c(Br)c1. The Kier molecular flexibility index (Phi) is 5.86. The lowest BCUT2D eigenvalue weighted by Gasteiger charge is -2.11. The number of anilines is 1. The molecule has 0 aromatic heterocycles. The van der Waals surface area contributed by atoms with E-state index in [1.807, 2.05) is 31.2 Å². The molecule has 2 aromatic rings. The van der Waals surface area contributed by atoms with Gasteiger partial charge < -0.3 is 10.1 Å². The van der Waals surface area contributed by atoms with Gasteiger partial charge >= 0.3 is 0 Å². The fourth-order valence-electron chi connectivity index (χ4n) is 1.94. The van der Waals surface area contributed by atoms with Gasteiger partial charge in [0.15, 0.2) is 6.61 Å². The average molecular weight is 383 g/mol. The minimum absolute atomic E-state index is 0.0595. The Bertz CT molecular complexity index is 688. The van der Waals surface area contributed by atoms with Gasteiger partial charge in [0.25, 0.3) is 5.91 Å². The minimum Gasteiger partial charge on any atom is -0.483 e. The summed E-state index contributed by atoms with van der Waals surface area (Å²) in [6.45, 7) is 3.94. The number of aryl methyl sites for hydroxylation is 2. The van der Waals surface area contributed by atoms with E-state index in [0.29, 0.717) is 16.5 Å². The molecular formula is C17H17BrClNO2. The highest BCUT2D eigenvalue weighted by molar-refractivity contribution is 9.10. The summed E-state index contributed by atoms with van der Waals surface area (Å²) >= 11 is 9.39. The Morgan fingerprint density at radius 1 is 1.27 bits per heavy atom. The molecule has 0 fully saturated rings. The van der Waals surface area contributed by atoms with Crippen molar-refractivity contribution in [2.24, 2.45) is 0 Å². The molecule has 1 amide bonds. The smallest absolute Gasteiger partial charge is 0.262 e. The zero-order valence-corrected chi connectivity index (χ0v) is 14.8. The molecule has 0 aliphatic carbocycles. The van der Waals surface area contributed by atoms with Crippen LogP contribution in [-0.2, 0) is 11.2 Å². The molecule has 0 saturated carbocycles. The Balaban J connectivity index is 1.97. The van der Waals surface area contributed by atoms with Crippen LogP contribution in [0.5, 0.6) is 5.75 Å². The van der Waals surface area contributed by atoms with Gasteiger partial charge in [-0.15, -0.1) is 0 Å². The van der Waals surface area contributed by atoms with Crippen molar-refractivity contribution in [2.75, 3.05) is 11.9 Å². The number of amides is 1. The summed E-state index contributed by atoms with van der Waals surface area (Å²) in [6.07, 6.45) is 0.952. The molecule has 0 radical (unpaired) electrons. The number of halogens is 2. The fourth-order valence-corrected chi connectivity index (χ4v) is 2.65. The van der Waals surface area contributed by atoms with Crippen molar-refractivity contribution < 1.29 is 9.53 Å². The Morgan fingerprint density at radius 2 is 2.05 bits per heavy atom. The van der Waals surface area contributed by atoms with Crippen molar-refractivity contribution in [3.05, 3.63) is 57.0 Å². The van der Waals surface area contributed by atoms with Gasteiger partial charge in [0.1, 0.15) is 5.75 Å². The van der Waals surface area contributed by atoms with Crippen molar-refractivity contribution >= 4 is 39.1 Å². The Labute approximate surface area is 143 Å². The van der Waals surface area contributed by atoms with Crippen LogP contribution in [0.3, 0.4) is 0 Å². The quantitative estimate of drug-likeness (QED) is 0.791. The molecule has 0 aliphatic heterocycles. The second kappa shape index (κ2) is 7.65. The van der Waals surface area contributed by atoms with Crippen molar-refractivity contribution in [3.63, 3.8) is 0 Å². The molecule has 0 spiro atoms. The van der Waals surface area contributed by atoms with Crippen LogP contribution >= 0.6 is 27.5 Å². The molecular weight excluding hydrogens is 366 g/mol. The fraction of sp³-hybridized carbons (Fsp3) is 0.235. The Hall–Kier alpha value is -1.52. The molecule has 22 heavy (non-hydrogen) atoms. The number of carbonyl (C=O) groups excluding carboxylic acids is 1. The molecule has 2 aromatic carbocycles. The zero-order valence-electron chi connectivity index (χ0n) is 12.5. The van der Waals surface area contributed by atoms with Crippen molar-refractivity contribution in [1.29, 1.82) is 0 Å². The van der Waals surface area contributed by atoms with Crippen LogP contribution in [0.25, 0.3) is 0 Å². The van der Waals surface area contributed by atoms with Crippen LogP contribution in [0, 0.1) is 6.92 Å². The molecule has 0 saturated heterocycles. The van der Waals surface area contributed by atoms with Crippen LogP contribution in [0.2, 0.25) is 5.02 Å². The molecule has 1 N–H and O–H groups in total. The predicted octanol–water partition coefficient (Wildman–Crippen LogP) is 4.99. The number of carbonyl (C=O) groups is 1. The van der Waals surface area contributed by atoms with Crippen LogP contribution in [-0.4, -0.2) is 12.5 Å².